The maximum Gasteiger partial charge on any atom is 0.269 e. The van der Waals surface area contributed by atoms with Crippen LogP contribution in [0.15, 0.2) is 24.3 Å². The van der Waals surface area contributed by atoms with Gasteiger partial charge in [-0.15, -0.1) is 0 Å². The van der Waals surface area contributed by atoms with Gasteiger partial charge in [0.15, 0.2) is 0 Å². The lowest BCUT2D eigenvalue weighted by Crippen LogP contribution is -2.21. The Bertz CT molecular complexity index is 356. The normalized spacial score (nSPS) is 21.4. The minimum atomic E-state index is -0.382. The summed E-state index contributed by atoms with van der Waals surface area (Å²) < 4.78 is 5.34. The number of nitro benzene ring substituents is 1. The first-order chi connectivity index (χ1) is 7.77. The Kier molecular flexibility index (Phi) is 3.48. The average molecular weight is 222 g/mol. The predicted octanol–water partition coefficient (Wildman–Crippen LogP) is 1.65. The second-order valence-corrected chi connectivity index (χ2v) is 3.76. The molecule has 1 heterocycles. The van der Waals surface area contributed by atoms with Gasteiger partial charge in [-0.05, 0) is 12.0 Å². The van der Waals surface area contributed by atoms with E-state index >= 15 is 0 Å². The van der Waals surface area contributed by atoms with Gasteiger partial charge in [0.1, 0.15) is 0 Å². The second kappa shape index (κ2) is 5.05. The maximum absolute atomic E-state index is 10.5. The largest absolute Gasteiger partial charge is 0.380 e. The lowest BCUT2D eigenvalue weighted by Gasteiger charge is -2.14. The van der Waals surface area contributed by atoms with Gasteiger partial charge in [-0.2, -0.15) is 0 Å². The van der Waals surface area contributed by atoms with E-state index in [2.05, 4.69) is 5.32 Å². The van der Waals surface area contributed by atoms with Crippen molar-refractivity contribution >= 4 is 5.69 Å². The molecule has 0 bridgehead atoms. The Morgan fingerprint density at radius 1 is 1.31 bits per heavy atom. The summed E-state index contributed by atoms with van der Waals surface area (Å²) >= 11 is 0. The fourth-order valence-corrected chi connectivity index (χ4v) is 1.82. The third-order valence-corrected chi connectivity index (χ3v) is 2.69. The van der Waals surface area contributed by atoms with Crippen LogP contribution in [0.4, 0.5) is 5.69 Å². The van der Waals surface area contributed by atoms with Crippen LogP contribution < -0.4 is 5.32 Å². The van der Waals surface area contributed by atoms with Crippen LogP contribution in [-0.2, 0) is 4.74 Å². The number of hydrogen-bond acceptors (Lipinski definition) is 4. The first-order valence-corrected chi connectivity index (χ1v) is 5.33. The summed E-state index contributed by atoms with van der Waals surface area (Å²) in [5.41, 5.74) is 1.21. The molecule has 0 radical (unpaired) electrons. The highest BCUT2D eigenvalue weighted by Gasteiger charge is 2.14. The van der Waals surface area contributed by atoms with E-state index in [9.17, 15) is 10.1 Å². The molecule has 5 heteroatoms. The highest BCUT2D eigenvalue weighted by molar-refractivity contribution is 5.34. The molecule has 1 fully saturated rings. The second-order valence-electron chi connectivity index (χ2n) is 3.76. The fourth-order valence-electron chi connectivity index (χ4n) is 1.82. The fraction of sp³-hybridized carbons (Fsp3) is 0.455. The molecule has 1 saturated heterocycles. The van der Waals surface area contributed by atoms with Crippen molar-refractivity contribution in [3.63, 3.8) is 0 Å². The molecule has 1 aliphatic rings. The number of rotatable bonds is 2. The Labute approximate surface area is 93.6 Å². The molecular weight excluding hydrogens is 208 g/mol. The Morgan fingerprint density at radius 2 is 2.06 bits per heavy atom. The zero-order valence-electron chi connectivity index (χ0n) is 8.89. The molecular formula is C11H14N2O3. The van der Waals surface area contributed by atoms with Crippen LogP contribution in [0.25, 0.3) is 0 Å². The van der Waals surface area contributed by atoms with Crippen molar-refractivity contribution in [2.75, 3.05) is 19.8 Å². The van der Waals surface area contributed by atoms with Crippen molar-refractivity contribution < 1.29 is 9.66 Å². The van der Waals surface area contributed by atoms with Crippen LogP contribution in [0.2, 0.25) is 0 Å². The van der Waals surface area contributed by atoms with Crippen molar-refractivity contribution in [1.82, 2.24) is 5.32 Å². The minimum Gasteiger partial charge on any atom is -0.380 e. The molecule has 1 aliphatic heterocycles. The van der Waals surface area contributed by atoms with Crippen LogP contribution in [-0.4, -0.2) is 24.7 Å². The molecule has 16 heavy (non-hydrogen) atoms. The van der Waals surface area contributed by atoms with E-state index in [1.807, 2.05) is 0 Å². The molecule has 0 saturated carbocycles. The van der Waals surface area contributed by atoms with Crippen molar-refractivity contribution in [2.24, 2.45) is 0 Å². The predicted molar refractivity (Wildman–Crippen MR) is 59.3 cm³/mol. The van der Waals surface area contributed by atoms with Crippen LogP contribution in [0.3, 0.4) is 0 Å². The van der Waals surface area contributed by atoms with Crippen LogP contribution in [0.1, 0.15) is 18.0 Å². The molecule has 1 unspecified atom stereocenters. The van der Waals surface area contributed by atoms with E-state index in [1.165, 1.54) is 0 Å². The molecule has 0 aliphatic carbocycles. The molecule has 86 valence electrons. The number of non-ortho nitro benzene ring substituents is 1. The van der Waals surface area contributed by atoms with Crippen molar-refractivity contribution in [2.45, 2.75) is 12.5 Å². The zero-order chi connectivity index (χ0) is 11.4. The van der Waals surface area contributed by atoms with Gasteiger partial charge >= 0.3 is 0 Å². The summed E-state index contributed by atoms with van der Waals surface area (Å²) in [6, 6.07) is 6.94. The van der Waals surface area contributed by atoms with E-state index in [0.717, 1.165) is 31.7 Å². The van der Waals surface area contributed by atoms with Gasteiger partial charge in [0, 0.05) is 31.3 Å². The Hall–Kier alpha value is -1.46. The number of ether oxygens (including phenoxy) is 1. The molecule has 1 aromatic carbocycles. The van der Waals surface area contributed by atoms with Crippen LogP contribution >= 0.6 is 0 Å². The highest BCUT2D eigenvalue weighted by atomic mass is 16.6. The number of nitrogens with one attached hydrogen (secondary N) is 1. The van der Waals surface area contributed by atoms with Crippen molar-refractivity contribution in [1.29, 1.82) is 0 Å². The lowest BCUT2D eigenvalue weighted by atomic mass is 10.0. The van der Waals surface area contributed by atoms with Gasteiger partial charge in [0.2, 0.25) is 0 Å². The molecule has 5 nitrogen and oxygen atoms in total. The smallest absolute Gasteiger partial charge is 0.269 e. The Balaban J connectivity index is 2.10. The molecule has 1 aromatic rings. The zero-order valence-corrected chi connectivity index (χ0v) is 8.89. The van der Waals surface area contributed by atoms with E-state index < -0.39 is 0 Å². The van der Waals surface area contributed by atoms with Gasteiger partial charge in [-0.1, -0.05) is 12.1 Å². The molecule has 2 rings (SSSR count). The molecule has 0 amide bonds. The first-order valence-electron chi connectivity index (χ1n) is 5.33. The lowest BCUT2D eigenvalue weighted by molar-refractivity contribution is -0.384. The summed E-state index contributed by atoms with van der Waals surface area (Å²) in [5, 5.41) is 13.9. The summed E-state index contributed by atoms with van der Waals surface area (Å²) in [6.07, 6.45) is 0.901. The minimum absolute atomic E-state index is 0.133. The summed E-state index contributed by atoms with van der Waals surface area (Å²) in [5.74, 6) is 0. The number of benzene rings is 1. The van der Waals surface area contributed by atoms with Crippen LogP contribution in [0, 0.1) is 10.1 Å². The van der Waals surface area contributed by atoms with Crippen LogP contribution in [0.5, 0.6) is 0 Å². The van der Waals surface area contributed by atoms with Gasteiger partial charge in [0.25, 0.3) is 5.69 Å². The quantitative estimate of drug-likeness (QED) is 0.610. The van der Waals surface area contributed by atoms with Crippen molar-refractivity contribution in [3.05, 3.63) is 39.9 Å². The van der Waals surface area contributed by atoms with Gasteiger partial charge in [-0.3, -0.25) is 10.1 Å². The molecule has 0 aromatic heterocycles. The van der Waals surface area contributed by atoms with E-state index in [0.29, 0.717) is 0 Å². The number of hydrogen-bond donors (Lipinski definition) is 1. The van der Waals surface area contributed by atoms with E-state index in [1.54, 1.807) is 24.3 Å². The summed E-state index contributed by atoms with van der Waals surface area (Å²) in [6.45, 7) is 2.28. The first kappa shape index (κ1) is 11.0. The standard InChI is InChI=1S/C11H14N2O3/c14-13(15)10-3-1-9(2-4-10)11-5-7-16-8-6-12-11/h1-4,11-12H,5-8H2. The monoisotopic (exact) mass is 222 g/mol. The third kappa shape index (κ3) is 2.56. The van der Waals surface area contributed by atoms with Gasteiger partial charge in [0.05, 0.1) is 11.5 Å². The van der Waals surface area contributed by atoms with Gasteiger partial charge in [-0.25, -0.2) is 0 Å². The molecule has 0 spiro atoms. The van der Waals surface area contributed by atoms with E-state index in [-0.39, 0.29) is 16.7 Å². The Morgan fingerprint density at radius 3 is 2.75 bits per heavy atom. The molecule has 1 N–H and O–H groups in total. The van der Waals surface area contributed by atoms with E-state index in [4.69, 9.17) is 4.74 Å². The van der Waals surface area contributed by atoms with Crippen molar-refractivity contribution in [3.8, 4) is 0 Å². The number of nitrogens with zero attached hydrogens (tertiary/aromatic N) is 1. The maximum atomic E-state index is 10.5. The number of nitro groups is 1. The summed E-state index contributed by atoms with van der Waals surface area (Å²) in [7, 11) is 0. The average Bonchev–Trinajstić information content (AvgIpc) is 2.57. The topological polar surface area (TPSA) is 64.4 Å². The third-order valence-electron chi connectivity index (χ3n) is 2.69. The summed E-state index contributed by atoms with van der Waals surface area (Å²) in [4.78, 5) is 10.1. The highest BCUT2D eigenvalue weighted by Crippen LogP contribution is 2.21. The van der Waals surface area contributed by atoms with Gasteiger partial charge < -0.3 is 10.1 Å². The molecule has 1 atom stereocenters. The SMILES string of the molecule is O=[N+]([O-])c1ccc(C2CCOCCN2)cc1.